The largest absolute Gasteiger partial charge is 0.497 e. The Morgan fingerprint density at radius 1 is 1.04 bits per heavy atom. The lowest BCUT2D eigenvalue weighted by molar-refractivity contribution is -0.169. The molecule has 2 fully saturated rings. The summed E-state index contributed by atoms with van der Waals surface area (Å²) in [6.45, 7) is 5.09. The molecule has 132 valence electrons. The molecule has 2 saturated heterocycles. The molecule has 1 spiro atoms. The van der Waals surface area contributed by atoms with Crippen LogP contribution in [0.25, 0.3) is 11.3 Å². The van der Waals surface area contributed by atoms with E-state index in [-0.39, 0.29) is 5.79 Å². The van der Waals surface area contributed by atoms with Gasteiger partial charge in [-0.3, -0.25) is 0 Å². The van der Waals surface area contributed by atoms with Crippen LogP contribution in [0.5, 0.6) is 5.75 Å². The fourth-order valence-corrected chi connectivity index (χ4v) is 3.49. The van der Waals surface area contributed by atoms with Crippen molar-refractivity contribution in [2.45, 2.75) is 25.6 Å². The first-order chi connectivity index (χ1) is 12.2. The lowest BCUT2D eigenvalue weighted by Crippen LogP contribution is -2.45. The van der Waals surface area contributed by atoms with Crippen molar-refractivity contribution in [1.82, 2.24) is 9.97 Å². The number of aromatic nitrogens is 2. The quantitative estimate of drug-likeness (QED) is 0.856. The summed E-state index contributed by atoms with van der Waals surface area (Å²) in [7, 11) is 1.67. The van der Waals surface area contributed by atoms with Gasteiger partial charge in [0.2, 0.25) is 0 Å². The van der Waals surface area contributed by atoms with Crippen molar-refractivity contribution in [2.24, 2.45) is 0 Å². The zero-order chi connectivity index (χ0) is 17.3. The Kier molecular flexibility index (Phi) is 4.31. The first-order valence-electron chi connectivity index (χ1n) is 8.70. The molecule has 4 rings (SSSR count). The SMILES string of the molecule is COc1ccc(-c2cc(N3CCC4(CC3)OCCO4)nc(C)n2)cc1. The Bertz CT molecular complexity index is 732. The smallest absolute Gasteiger partial charge is 0.171 e. The van der Waals surface area contributed by atoms with Crippen LogP contribution in [0, 0.1) is 6.92 Å². The van der Waals surface area contributed by atoms with Crippen molar-refractivity contribution in [1.29, 1.82) is 0 Å². The summed E-state index contributed by atoms with van der Waals surface area (Å²) < 4.78 is 16.9. The first kappa shape index (κ1) is 16.3. The monoisotopic (exact) mass is 341 g/mol. The van der Waals surface area contributed by atoms with Crippen LogP contribution in [-0.4, -0.2) is 49.2 Å². The van der Waals surface area contributed by atoms with Crippen molar-refractivity contribution < 1.29 is 14.2 Å². The van der Waals surface area contributed by atoms with E-state index in [4.69, 9.17) is 14.2 Å². The van der Waals surface area contributed by atoms with E-state index in [0.717, 1.165) is 54.6 Å². The van der Waals surface area contributed by atoms with Crippen LogP contribution >= 0.6 is 0 Å². The van der Waals surface area contributed by atoms with Gasteiger partial charge in [0.15, 0.2) is 5.79 Å². The number of methoxy groups -OCH3 is 1. The number of rotatable bonds is 3. The molecule has 2 aliphatic rings. The first-order valence-corrected chi connectivity index (χ1v) is 8.70. The van der Waals surface area contributed by atoms with Gasteiger partial charge < -0.3 is 19.1 Å². The Balaban J connectivity index is 1.55. The van der Waals surface area contributed by atoms with Gasteiger partial charge in [0.1, 0.15) is 17.4 Å². The highest BCUT2D eigenvalue weighted by atomic mass is 16.7. The fraction of sp³-hybridized carbons (Fsp3) is 0.474. The third kappa shape index (κ3) is 3.32. The van der Waals surface area contributed by atoms with Crippen LogP contribution in [0.2, 0.25) is 0 Å². The summed E-state index contributed by atoms with van der Waals surface area (Å²) in [6, 6.07) is 10.0. The molecular weight excluding hydrogens is 318 g/mol. The summed E-state index contributed by atoms with van der Waals surface area (Å²) in [5.74, 6) is 2.22. The number of nitrogens with zero attached hydrogens (tertiary/aromatic N) is 3. The molecule has 2 aromatic rings. The van der Waals surface area contributed by atoms with Crippen LogP contribution in [0.1, 0.15) is 18.7 Å². The van der Waals surface area contributed by atoms with Gasteiger partial charge in [-0.25, -0.2) is 9.97 Å². The molecule has 1 aromatic carbocycles. The van der Waals surface area contributed by atoms with Gasteiger partial charge in [0.25, 0.3) is 0 Å². The van der Waals surface area contributed by atoms with E-state index >= 15 is 0 Å². The maximum Gasteiger partial charge on any atom is 0.171 e. The molecule has 0 atom stereocenters. The zero-order valence-electron chi connectivity index (χ0n) is 14.7. The minimum atomic E-state index is -0.364. The lowest BCUT2D eigenvalue weighted by Gasteiger charge is -2.38. The van der Waals surface area contributed by atoms with Crippen molar-refractivity contribution in [3.8, 4) is 17.0 Å². The molecule has 0 radical (unpaired) electrons. The molecule has 0 unspecified atom stereocenters. The molecule has 0 saturated carbocycles. The Morgan fingerprint density at radius 3 is 2.36 bits per heavy atom. The molecule has 25 heavy (non-hydrogen) atoms. The number of piperidine rings is 1. The van der Waals surface area contributed by atoms with Gasteiger partial charge in [-0.1, -0.05) is 0 Å². The van der Waals surface area contributed by atoms with E-state index in [0.29, 0.717) is 13.2 Å². The number of ether oxygens (including phenoxy) is 3. The van der Waals surface area contributed by atoms with Crippen molar-refractivity contribution in [3.05, 3.63) is 36.2 Å². The van der Waals surface area contributed by atoms with Gasteiger partial charge in [0, 0.05) is 37.6 Å². The molecule has 0 N–H and O–H groups in total. The van der Waals surface area contributed by atoms with Gasteiger partial charge in [0.05, 0.1) is 26.0 Å². The predicted molar refractivity (Wildman–Crippen MR) is 94.8 cm³/mol. The minimum absolute atomic E-state index is 0.364. The highest BCUT2D eigenvalue weighted by molar-refractivity contribution is 5.63. The molecule has 1 aromatic heterocycles. The van der Waals surface area contributed by atoms with Crippen molar-refractivity contribution in [2.75, 3.05) is 38.3 Å². The maximum absolute atomic E-state index is 5.81. The lowest BCUT2D eigenvalue weighted by atomic mass is 10.0. The second-order valence-corrected chi connectivity index (χ2v) is 6.48. The molecule has 0 bridgehead atoms. The van der Waals surface area contributed by atoms with E-state index in [1.807, 2.05) is 31.2 Å². The van der Waals surface area contributed by atoms with Crippen LogP contribution in [0.3, 0.4) is 0 Å². The molecule has 3 heterocycles. The van der Waals surface area contributed by atoms with Crippen molar-refractivity contribution >= 4 is 5.82 Å². The summed E-state index contributed by atoms with van der Waals surface area (Å²) in [6.07, 6.45) is 1.74. The van der Waals surface area contributed by atoms with Crippen LogP contribution in [0.4, 0.5) is 5.82 Å². The topological polar surface area (TPSA) is 56.7 Å². The van der Waals surface area contributed by atoms with Crippen LogP contribution in [-0.2, 0) is 9.47 Å². The third-order valence-corrected chi connectivity index (χ3v) is 4.87. The van der Waals surface area contributed by atoms with E-state index in [1.165, 1.54) is 0 Å². The molecule has 6 heteroatoms. The van der Waals surface area contributed by atoms with Crippen LogP contribution < -0.4 is 9.64 Å². The molecule has 6 nitrogen and oxygen atoms in total. The maximum atomic E-state index is 5.81. The van der Waals surface area contributed by atoms with E-state index in [9.17, 15) is 0 Å². The Labute approximate surface area is 147 Å². The minimum Gasteiger partial charge on any atom is -0.497 e. The van der Waals surface area contributed by atoms with E-state index in [2.05, 4.69) is 20.9 Å². The molecular formula is C19H23N3O3. The zero-order valence-corrected chi connectivity index (χ0v) is 14.7. The highest BCUT2D eigenvalue weighted by Crippen LogP contribution is 2.33. The fourth-order valence-electron chi connectivity index (χ4n) is 3.49. The number of aryl methyl sites for hydroxylation is 1. The Morgan fingerprint density at radius 2 is 1.72 bits per heavy atom. The second kappa shape index (κ2) is 6.61. The summed E-state index contributed by atoms with van der Waals surface area (Å²) in [4.78, 5) is 11.5. The average molecular weight is 341 g/mol. The number of anilines is 1. The summed E-state index contributed by atoms with van der Waals surface area (Å²) >= 11 is 0. The molecule has 2 aliphatic heterocycles. The standard InChI is InChI=1S/C19H23N3O3/c1-14-20-17(15-3-5-16(23-2)6-4-15)13-18(21-14)22-9-7-19(8-10-22)24-11-12-25-19/h3-6,13H,7-12H2,1-2H3. The number of hydrogen-bond donors (Lipinski definition) is 0. The third-order valence-electron chi connectivity index (χ3n) is 4.87. The van der Waals surface area contributed by atoms with Gasteiger partial charge in [-0.05, 0) is 31.2 Å². The number of benzene rings is 1. The predicted octanol–water partition coefficient (Wildman–Crippen LogP) is 2.80. The average Bonchev–Trinajstić information content (AvgIpc) is 3.10. The summed E-state index contributed by atoms with van der Waals surface area (Å²) in [5.41, 5.74) is 1.99. The van der Waals surface area contributed by atoms with E-state index in [1.54, 1.807) is 7.11 Å². The second-order valence-electron chi connectivity index (χ2n) is 6.48. The van der Waals surface area contributed by atoms with Gasteiger partial charge >= 0.3 is 0 Å². The molecule has 0 amide bonds. The highest BCUT2D eigenvalue weighted by Gasteiger charge is 2.40. The van der Waals surface area contributed by atoms with Crippen molar-refractivity contribution in [3.63, 3.8) is 0 Å². The Hall–Kier alpha value is -2.18. The molecule has 0 aliphatic carbocycles. The number of hydrogen-bond acceptors (Lipinski definition) is 6. The van der Waals surface area contributed by atoms with E-state index < -0.39 is 0 Å². The van der Waals surface area contributed by atoms with Crippen LogP contribution in [0.15, 0.2) is 30.3 Å². The van der Waals surface area contributed by atoms with Gasteiger partial charge in [-0.15, -0.1) is 0 Å². The van der Waals surface area contributed by atoms with Gasteiger partial charge in [-0.2, -0.15) is 0 Å². The normalized spacial score (nSPS) is 19.4. The summed E-state index contributed by atoms with van der Waals surface area (Å²) in [5, 5.41) is 0.